The smallest absolute Gasteiger partial charge is 0.340 e. The molecule has 0 aliphatic rings. The van der Waals surface area contributed by atoms with E-state index in [-0.39, 0.29) is 12.4 Å². The minimum absolute atomic E-state index is 0. The first-order valence-electron chi connectivity index (χ1n) is 5.18. The Morgan fingerprint density at radius 2 is 2.17 bits per heavy atom. The van der Waals surface area contributed by atoms with Gasteiger partial charge in [-0.15, -0.1) is 12.4 Å². The number of hydrogen-bond acceptors (Lipinski definition) is 1. The summed E-state index contributed by atoms with van der Waals surface area (Å²) in [5.74, 6) is 0.417. The Hall–Kier alpha value is -1.52. The van der Waals surface area contributed by atoms with Gasteiger partial charge >= 0.3 is 6.03 Å². The van der Waals surface area contributed by atoms with Crippen LogP contribution in [0, 0.1) is 0 Å². The quantitative estimate of drug-likeness (QED) is 0.663. The molecule has 0 aliphatic heterocycles. The second kappa shape index (κ2) is 8.55. The second-order valence-electron chi connectivity index (χ2n) is 3.22. The minimum Gasteiger partial charge on any atom is -0.370 e. The van der Waals surface area contributed by atoms with E-state index in [0.717, 1.165) is 5.56 Å². The van der Waals surface area contributed by atoms with Gasteiger partial charge in [0.15, 0.2) is 0 Å². The maximum absolute atomic E-state index is 10.7. The molecule has 0 saturated carbocycles. The van der Waals surface area contributed by atoms with Crippen LogP contribution in [0.4, 0.5) is 4.79 Å². The number of amides is 2. The van der Waals surface area contributed by atoms with Crippen LogP contribution < -0.4 is 11.1 Å². The lowest BCUT2D eigenvalue weighted by Crippen LogP contribution is -2.23. The summed E-state index contributed by atoms with van der Waals surface area (Å²) in [4.78, 5) is 14.3. The maximum Gasteiger partial charge on any atom is 0.340 e. The number of nitrogens with zero attached hydrogens (tertiary/aromatic N) is 1. The number of hydrogen-bond donors (Lipinski definition) is 2. The number of nitrogens with two attached hydrogens (primary N) is 1. The van der Waals surface area contributed by atoms with Crippen LogP contribution in [0.1, 0.15) is 12.5 Å². The van der Waals surface area contributed by atoms with Crippen molar-refractivity contribution in [3.8, 4) is 0 Å². The molecule has 0 unspecified atom stereocenters. The van der Waals surface area contributed by atoms with Crippen LogP contribution in [-0.4, -0.2) is 18.4 Å². The molecule has 3 N–H and O–H groups in total. The van der Waals surface area contributed by atoms with Gasteiger partial charge in [0.25, 0.3) is 0 Å². The number of primary amides is 1. The zero-order valence-electron chi connectivity index (χ0n) is 9.89. The lowest BCUT2D eigenvalue weighted by molar-refractivity contribution is 0.256. The Kier molecular flexibility index (Phi) is 7.83. The summed E-state index contributed by atoms with van der Waals surface area (Å²) >= 11 is 5.99. The Morgan fingerprint density at radius 1 is 1.50 bits per heavy atom. The van der Waals surface area contributed by atoms with Crippen LogP contribution in [0.3, 0.4) is 0 Å². The molecule has 98 valence electrons. The fourth-order valence-electron chi connectivity index (χ4n) is 1.21. The molecule has 0 aliphatic carbocycles. The molecule has 1 aromatic rings. The van der Waals surface area contributed by atoms with Crippen molar-refractivity contribution < 1.29 is 4.79 Å². The highest BCUT2D eigenvalue weighted by Gasteiger charge is 1.97. The monoisotopic (exact) mass is 287 g/mol. The van der Waals surface area contributed by atoms with Gasteiger partial charge in [-0.05, 0) is 30.7 Å². The predicted octanol–water partition coefficient (Wildman–Crippen LogP) is 2.86. The average molecular weight is 288 g/mol. The van der Waals surface area contributed by atoms with Gasteiger partial charge in [-0.1, -0.05) is 29.8 Å². The van der Waals surface area contributed by atoms with Gasteiger partial charge in [0.05, 0.1) is 0 Å². The van der Waals surface area contributed by atoms with E-state index < -0.39 is 6.03 Å². The van der Waals surface area contributed by atoms with E-state index in [4.69, 9.17) is 17.3 Å². The highest BCUT2D eigenvalue weighted by molar-refractivity contribution is 6.32. The zero-order valence-corrected chi connectivity index (χ0v) is 11.5. The van der Waals surface area contributed by atoms with E-state index in [1.807, 2.05) is 25.1 Å². The molecule has 4 nitrogen and oxygen atoms in total. The topological polar surface area (TPSA) is 67.5 Å². The van der Waals surface area contributed by atoms with Gasteiger partial charge in [-0.2, -0.15) is 4.99 Å². The van der Waals surface area contributed by atoms with Gasteiger partial charge in [-0.25, -0.2) is 4.79 Å². The van der Waals surface area contributed by atoms with Crippen LogP contribution in [0.15, 0.2) is 35.3 Å². The number of likely N-dealkylation sites (N-methyl/N-ethyl adjacent to an activating group) is 1. The third-order valence-electron chi connectivity index (χ3n) is 1.91. The normalized spacial score (nSPS) is 11.1. The summed E-state index contributed by atoms with van der Waals surface area (Å²) in [7, 11) is 0. The standard InChI is InChI=1S/C12H14ClN3O.ClH/c1-2-15-11(16-12(14)17)8-7-9-5-3-4-6-10(9)13;/h3-8H,2H2,1H3,(H3,14,15,16,17);1H. The number of carbonyl (C=O) groups excluding carboxylic acids is 1. The van der Waals surface area contributed by atoms with Crippen LogP contribution in [0.25, 0.3) is 6.08 Å². The molecule has 0 aromatic heterocycles. The Bertz CT molecular complexity index is 458. The number of nitrogens with one attached hydrogen (secondary N) is 1. The molecule has 0 radical (unpaired) electrons. The summed E-state index contributed by atoms with van der Waals surface area (Å²) in [5, 5.41) is 3.56. The van der Waals surface area contributed by atoms with E-state index in [1.165, 1.54) is 0 Å². The molecule has 0 fully saturated rings. The van der Waals surface area contributed by atoms with Gasteiger partial charge in [0, 0.05) is 11.6 Å². The molecule has 1 rings (SSSR count). The Labute approximate surface area is 117 Å². The highest BCUT2D eigenvalue weighted by Crippen LogP contribution is 2.16. The molecule has 0 bridgehead atoms. The molecule has 0 spiro atoms. The largest absolute Gasteiger partial charge is 0.370 e. The van der Waals surface area contributed by atoms with Crippen molar-refractivity contribution in [1.82, 2.24) is 5.32 Å². The number of benzene rings is 1. The number of amidine groups is 1. The van der Waals surface area contributed by atoms with Crippen LogP contribution in [-0.2, 0) is 0 Å². The van der Waals surface area contributed by atoms with Crippen molar-refractivity contribution >= 4 is 42.0 Å². The Morgan fingerprint density at radius 3 is 2.72 bits per heavy atom. The van der Waals surface area contributed by atoms with E-state index in [1.54, 1.807) is 18.2 Å². The lowest BCUT2D eigenvalue weighted by atomic mass is 10.2. The maximum atomic E-state index is 10.7. The van der Waals surface area contributed by atoms with Crippen LogP contribution in [0.5, 0.6) is 0 Å². The van der Waals surface area contributed by atoms with E-state index in [2.05, 4.69) is 10.3 Å². The molecule has 6 heteroatoms. The number of halogens is 2. The lowest BCUT2D eigenvalue weighted by Gasteiger charge is -2.02. The fraction of sp³-hybridized carbons (Fsp3) is 0.167. The van der Waals surface area contributed by atoms with Crippen molar-refractivity contribution in [3.63, 3.8) is 0 Å². The summed E-state index contributed by atoms with van der Waals surface area (Å²) in [6.45, 7) is 2.55. The molecule has 0 atom stereocenters. The first-order valence-corrected chi connectivity index (χ1v) is 5.56. The van der Waals surface area contributed by atoms with E-state index in [9.17, 15) is 4.79 Å². The second-order valence-corrected chi connectivity index (χ2v) is 3.63. The molecule has 2 amide bonds. The molecular weight excluding hydrogens is 273 g/mol. The number of carbonyl (C=O) groups is 1. The molecule has 18 heavy (non-hydrogen) atoms. The van der Waals surface area contributed by atoms with Crippen molar-refractivity contribution in [2.45, 2.75) is 6.92 Å². The van der Waals surface area contributed by atoms with Crippen LogP contribution >= 0.6 is 24.0 Å². The zero-order chi connectivity index (χ0) is 12.7. The number of rotatable bonds is 3. The Balaban J connectivity index is 0.00000289. The fourth-order valence-corrected chi connectivity index (χ4v) is 1.41. The average Bonchev–Trinajstić information content (AvgIpc) is 2.27. The molecule has 0 heterocycles. The first-order chi connectivity index (χ1) is 8.13. The number of aliphatic imine (C=N–C) groups is 1. The van der Waals surface area contributed by atoms with Crippen LogP contribution in [0.2, 0.25) is 5.02 Å². The van der Waals surface area contributed by atoms with Crippen molar-refractivity contribution in [1.29, 1.82) is 0 Å². The third kappa shape index (κ3) is 5.70. The number of urea groups is 1. The minimum atomic E-state index is -0.732. The molecule has 1 aromatic carbocycles. The van der Waals surface area contributed by atoms with Crippen molar-refractivity contribution in [2.24, 2.45) is 10.7 Å². The SMILES string of the molecule is CCNC(C=Cc1ccccc1Cl)=NC(N)=O.Cl. The van der Waals surface area contributed by atoms with E-state index in [0.29, 0.717) is 17.4 Å². The van der Waals surface area contributed by atoms with Gasteiger partial charge in [0.2, 0.25) is 0 Å². The summed E-state index contributed by atoms with van der Waals surface area (Å²) in [6.07, 6.45) is 3.43. The van der Waals surface area contributed by atoms with E-state index >= 15 is 0 Å². The highest BCUT2D eigenvalue weighted by atomic mass is 35.5. The van der Waals surface area contributed by atoms with Gasteiger partial charge in [-0.3, -0.25) is 0 Å². The summed E-state index contributed by atoms with van der Waals surface area (Å²) in [6, 6.07) is 6.66. The third-order valence-corrected chi connectivity index (χ3v) is 2.26. The molecular formula is C12H15Cl2N3O. The molecule has 0 saturated heterocycles. The van der Waals surface area contributed by atoms with Gasteiger partial charge in [0.1, 0.15) is 5.84 Å². The summed E-state index contributed by atoms with van der Waals surface area (Å²) in [5.41, 5.74) is 5.85. The predicted molar refractivity (Wildman–Crippen MR) is 78.4 cm³/mol. The van der Waals surface area contributed by atoms with Gasteiger partial charge < -0.3 is 11.1 Å². The first kappa shape index (κ1) is 16.5. The summed E-state index contributed by atoms with van der Waals surface area (Å²) < 4.78 is 0. The van der Waals surface area contributed by atoms with Crippen molar-refractivity contribution in [2.75, 3.05) is 6.54 Å². The van der Waals surface area contributed by atoms with Crippen molar-refractivity contribution in [3.05, 3.63) is 40.9 Å².